The van der Waals surface area contributed by atoms with E-state index >= 15 is 0 Å². The van der Waals surface area contributed by atoms with Gasteiger partial charge in [-0.15, -0.1) is 0 Å². The van der Waals surface area contributed by atoms with Crippen LogP contribution >= 0.6 is 0 Å². The summed E-state index contributed by atoms with van der Waals surface area (Å²) < 4.78 is 0. The van der Waals surface area contributed by atoms with E-state index in [0.717, 1.165) is 16.8 Å². The Kier molecular flexibility index (Phi) is 3.14. The first-order valence-electron chi connectivity index (χ1n) is 6.72. The molecule has 0 radical (unpaired) electrons. The number of benzene rings is 1. The average molecular weight is 267 g/mol. The summed E-state index contributed by atoms with van der Waals surface area (Å²) in [5, 5.41) is 0. The third-order valence-corrected chi connectivity index (χ3v) is 3.64. The van der Waals surface area contributed by atoms with E-state index in [2.05, 4.69) is 9.89 Å². The lowest BCUT2D eigenvalue weighted by Crippen LogP contribution is -2.44. The van der Waals surface area contributed by atoms with Gasteiger partial charge < -0.3 is 10.6 Å². The van der Waals surface area contributed by atoms with Crippen molar-refractivity contribution in [3.8, 4) is 0 Å². The molecule has 0 bridgehead atoms. The van der Waals surface area contributed by atoms with E-state index in [1.165, 1.54) is 0 Å². The van der Waals surface area contributed by atoms with Gasteiger partial charge in [0, 0.05) is 24.0 Å². The zero-order valence-corrected chi connectivity index (χ0v) is 11.4. The van der Waals surface area contributed by atoms with Gasteiger partial charge in [-0.1, -0.05) is 29.8 Å². The second kappa shape index (κ2) is 4.96. The summed E-state index contributed by atoms with van der Waals surface area (Å²) in [5.41, 5.74) is 9.26. The summed E-state index contributed by atoms with van der Waals surface area (Å²) in [4.78, 5) is 18.8. The molecule has 1 atom stereocenters. The maximum atomic E-state index is 12.4. The van der Waals surface area contributed by atoms with Gasteiger partial charge in [0.2, 0.25) is 5.78 Å². The fourth-order valence-corrected chi connectivity index (χ4v) is 2.69. The maximum Gasteiger partial charge on any atom is 0.204 e. The normalized spacial score (nSPS) is 21.9. The number of aliphatic imine (C=N–C) groups is 1. The van der Waals surface area contributed by atoms with Gasteiger partial charge in [0.1, 0.15) is 6.04 Å². The molecule has 1 aliphatic carbocycles. The number of para-hydroxylation sites is 1. The van der Waals surface area contributed by atoms with Gasteiger partial charge in [0.15, 0.2) is 0 Å². The number of nitrogens with two attached hydrogens (primary N) is 1. The van der Waals surface area contributed by atoms with Crippen LogP contribution in [0.15, 0.2) is 52.7 Å². The number of carbonyl (C=O) groups excluding carboxylic acids is 1. The Hall–Kier alpha value is -2.36. The highest BCUT2D eigenvalue weighted by Crippen LogP contribution is 2.26. The molecule has 102 valence electrons. The van der Waals surface area contributed by atoms with Crippen LogP contribution in [0, 0.1) is 0 Å². The number of benzodiazepines with no additional fused rings is 1. The average Bonchev–Trinajstić information content (AvgIpc) is 2.65. The molecule has 4 heteroatoms. The predicted octanol–water partition coefficient (Wildman–Crippen LogP) is 1.67. The lowest BCUT2D eigenvalue weighted by Gasteiger charge is -2.32. The van der Waals surface area contributed by atoms with E-state index in [1.54, 1.807) is 6.08 Å². The molecular formula is C16H17N3O. The van der Waals surface area contributed by atoms with Gasteiger partial charge in [-0.25, -0.2) is 0 Å². The second-order valence-electron chi connectivity index (χ2n) is 5.11. The van der Waals surface area contributed by atoms with Gasteiger partial charge >= 0.3 is 0 Å². The Labute approximate surface area is 118 Å². The number of nitrogens with zero attached hydrogens (tertiary/aromatic N) is 2. The number of anilines is 1. The van der Waals surface area contributed by atoms with Crippen LogP contribution in [0.25, 0.3) is 0 Å². The highest BCUT2D eigenvalue weighted by molar-refractivity contribution is 6.04. The SMILES string of the molecule is CC1=CC(N2CCN=Cc3ccccc32)C(=O)C(N)=C1. The molecule has 0 saturated heterocycles. The molecule has 1 aromatic rings. The fourth-order valence-electron chi connectivity index (χ4n) is 2.69. The minimum Gasteiger partial charge on any atom is -0.396 e. The summed E-state index contributed by atoms with van der Waals surface area (Å²) >= 11 is 0. The topological polar surface area (TPSA) is 58.7 Å². The monoisotopic (exact) mass is 267 g/mol. The molecular weight excluding hydrogens is 250 g/mol. The molecule has 1 heterocycles. The number of hydrogen-bond acceptors (Lipinski definition) is 4. The predicted molar refractivity (Wildman–Crippen MR) is 81.1 cm³/mol. The molecule has 3 rings (SSSR count). The third-order valence-electron chi connectivity index (χ3n) is 3.64. The summed E-state index contributed by atoms with van der Waals surface area (Å²) in [5.74, 6) is -0.0349. The van der Waals surface area contributed by atoms with E-state index in [-0.39, 0.29) is 11.8 Å². The molecule has 4 nitrogen and oxygen atoms in total. The highest BCUT2D eigenvalue weighted by Gasteiger charge is 2.29. The Morgan fingerprint density at radius 3 is 3.00 bits per heavy atom. The molecule has 1 aliphatic heterocycles. The van der Waals surface area contributed by atoms with E-state index in [9.17, 15) is 4.79 Å². The van der Waals surface area contributed by atoms with Crippen molar-refractivity contribution in [3.63, 3.8) is 0 Å². The number of allylic oxidation sites excluding steroid dienone is 2. The number of Topliss-reactive ketones (excluding diaryl/α,β-unsaturated/α-hetero) is 1. The number of hydrogen-bond donors (Lipinski definition) is 1. The molecule has 1 aromatic carbocycles. The zero-order chi connectivity index (χ0) is 14.1. The molecule has 0 spiro atoms. The van der Waals surface area contributed by atoms with E-state index in [0.29, 0.717) is 18.8 Å². The van der Waals surface area contributed by atoms with Crippen molar-refractivity contribution in [2.24, 2.45) is 10.7 Å². The van der Waals surface area contributed by atoms with Crippen LogP contribution in [0.1, 0.15) is 12.5 Å². The molecule has 0 amide bonds. The number of ketones is 1. The van der Waals surface area contributed by atoms with Gasteiger partial charge in [0.05, 0.1) is 12.2 Å². The van der Waals surface area contributed by atoms with Crippen LogP contribution < -0.4 is 10.6 Å². The molecule has 1 unspecified atom stereocenters. The Morgan fingerprint density at radius 2 is 2.15 bits per heavy atom. The molecule has 20 heavy (non-hydrogen) atoms. The van der Waals surface area contributed by atoms with Crippen molar-refractivity contribution >= 4 is 17.7 Å². The van der Waals surface area contributed by atoms with Crippen LogP contribution in [0.3, 0.4) is 0 Å². The second-order valence-corrected chi connectivity index (χ2v) is 5.11. The van der Waals surface area contributed by atoms with Crippen LogP contribution in [0.5, 0.6) is 0 Å². The first-order chi connectivity index (χ1) is 9.66. The lowest BCUT2D eigenvalue weighted by atomic mass is 9.97. The quantitative estimate of drug-likeness (QED) is 0.842. The van der Waals surface area contributed by atoms with Crippen molar-refractivity contribution in [1.82, 2.24) is 0 Å². The Bertz CT molecular complexity index is 643. The molecule has 2 N–H and O–H groups in total. The largest absolute Gasteiger partial charge is 0.396 e. The summed E-state index contributed by atoms with van der Waals surface area (Å²) in [6, 6.07) is 7.67. The number of fused-ring (bicyclic) bond motifs is 1. The third kappa shape index (κ3) is 2.13. The summed E-state index contributed by atoms with van der Waals surface area (Å²) in [6.07, 6.45) is 5.58. The van der Waals surface area contributed by atoms with Crippen molar-refractivity contribution < 1.29 is 4.79 Å². The van der Waals surface area contributed by atoms with Crippen molar-refractivity contribution in [3.05, 3.63) is 53.3 Å². The van der Waals surface area contributed by atoms with Crippen LogP contribution in [0.4, 0.5) is 5.69 Å². The molecule has 0 aromatic heterocycles. The molecule has 0 fully saturated rings. The summed E-state index contributed by atoms with van der Waals surface area (Å²) in [6.45, 7) is 3.35. The summed E-state index contributed by atoms with van der Waals surface area (Å²) in [7, 11) is 0. The zero-order valence-electron chi connectivity index (χ0n) is 11.4. The smallest absolute Gasteiger partial charge is 0.204 e. The van der Waals surface area contributed by atoms with Crippen LogP contribution in [-0.4, -0.2) is 31.1 Å². The number of rotatable bonds is 1. The number of carbonyl (C=O) groups is 1. The minimum atomic E-state index is -0.331. The van der Waals surface area contributed by atoms with E-state index < -0.39 is 0 Å². The van der Waals surface area contributed by atoms with Gasteiger partial charge in [-0.05, 0) is 19.1 Å². The van der Waals surface area contributed by atoms with Gasteiger partial charge in [-0.2, -0.15) is 0 Å². The Morgan fingerprint density at radius 1 is 1.35 bits per heavy atom. The van der Waals surface area contributed by atoms with Crippen molar-refractivity contribution in [1.29, 1.82) is 0 Å². The van der Waals surface area contributed by atoms with E-state index in [4.69, 9.17) is 5.73 Å². The van der Waals surface area contributed by atoms with Crippen LogP contribution in [0.2, 0.25) is 0 Å². The Balaban J connectivity index is 2.04. The van der Waals surface area contributed by atoms with Gasteiger partial charge in [-0.3, -0.25) is 9.79 Å². The highest BCUT2D eigenvalue weighted by atomic mass is 16.1. The van der Waals surface area contributed by atoms with Crippen molar-refractivity contribution in [2.75, 3.05) is 18.0 Å². The van der Waals surface area contributed by atoms with E-state index in [1.807, 2.05) is 43.5 Å². The fraction of sp³-hybridized carbons (Fsp3) is 0.250. The first-order valence-corrected chi connectivity index (χ1v) is 6.72. The minimum absolute atomic E-state index is 0.0349. The molecule has 0 saturated carbocycles. The standard InChI is InChI=1S/C16H17N3O/c1-11-8-13(17)16(20)15(9-11)19-7-6-18-10-12-4-2-3-5-14(12)19/h2-5,8-10,15H,6-7,17H2,1H3. The molecule has 2 aliphatic rings. The van der Waals surface area contributed by atoms with Gasteiger partial charge in [0.25, 0.3) is 0 Å². The maximum absolute atomic E-state index is 12.4. The first kappa shape index (κ1) is 12.7. The van der Waals surface area contributed by atoms with Crippen molar-refractivity contribution in [2.45, 2.75) is 13.0 Å². The lowest BCUT2D eigenvalue weighted by molar-refractivity contribution is -0.116. The van der Waals surface area contributed by atoms with Crippen LogP contribution in [-0.2, 0) is 4.79 Å².